The zero-order valence-electron chi connectivity index (χ0n) is 12.4. The van der Waals surface area contributed by atoms with E-state index in [9.17, 15) is 9.59 Å². The molecule has 6 heteroatoms. The van der Waals surface area contributed by atoms with Gasteiger partial charge in [-0.2, -0.15) is 0 Å². The van der Waals surface area contributed by atoms with Crippen LogP contribution >= 0.6 is 15.9 Å². The minimum Gasteiger partial charge on any atom is -0.493 e. The Hall–Kier alpha value is -2.34. The molecule has 23 heavy (non-hydrogen) atoms. The lowest BCUT2D eigenvalue weighted by Gasteiger charge is -2.09. The fourth-order valence-electron chi connectivity index (χ4n) is 1.80. The predicted molar refractivity (Wildman–Crippen MR) is 92.3 cm³/mol. The molecule has 0 fully saturated rings. The lowest BCUT2D eigenvalue weighted by atomic mass is 10.3. The second-order valence-electron chi connectivity index (χ2n) is 4.72. The van der Waals surface area contributed by atoms with E-state index in [1.807, 2.05) is 48.5 Å². The van der Waals surface area contributed by atoms with Crippen molar-refractivity contribution in [1.82, 2.24) is 5.32 Å². The van der Waals surface area contributed by atoms with E-state index < -0.39 is 0 Å². The summed E-state index contributed by atoms with van der Waals surface area (Å²) in [6, 6.07) is 16.5. The first kappa shape index (κ1) is 17.0. The fourth-order valence-corrected chi connectivity index (χ4v) is 2.19. The van der Waals surface area contributed by atoms with Crippen LogP contribution in [-0.2, 0) is 9.59 Å². The Morgan fingerprint density at radius 1 is 0.957 bits per heavy atom. The van der Waals surface area contributed by atoms with Crippen molar-refractivity contribution < 1.29 is 14.3 Å². The maximum atomic E-state index is 11.8. The van der Waals surface area contributed by atoms with E-state index in [1.165, 1.54) is 0 Å². The van der Waals surface area contributed by atoms with Crippen LogP contribution < -0.4 is 15.4 Å². The third-order valence-corrected chi connectivity index (χ3v) is 3.63. The van der Waals surface area contributed by atoms with Gasteiger partial charge < -0.3 is 15.4 Å². The first-order valence-electron chi connectivity index (χ1n) is 7.14. The molecule has 0 radical (unpaired) electrons. The van der Waals surface area contributed by atoms with Crippen molar-refractivity contribution in [2.75, 3.05) is 18.5 Å². The summed E-state index contributed by atoms with van der Waals surface area (Å²) < 4.78 is 6.22. The molecule has 0 spiro atoms. The first-order valence-corrected chi connectivity index (χ1v) is 7.93. The largest absolute Gasteiger partial charge is 0.493 e. The summed E-state index contributed by atoms with van der Waals surface area (Å²) in [5, 5.41) is 5.28. The number of ether oxygens (including phenoxy) is 1. The molecular formula is C17H17BrN2O3. The highest BCUT2D eigenvalue weighted by molar-refractivity contribution is 9.10. The molecule has 2 aromatic rings. The van der Waals surface area contributed by atoms with Crippen LogP contribution in [0.3, 0.4) is 0 Å². The van der Waals surface area contributed by atoms with Gasteiger partial charge in [-0.3, -0.25) is 9.59 Å². The lowest BCUT2D eigenvalue weighted by molar-refractivity contribution is -0.124. The van der Waals surface area contributed by atoms with Gasteiger partial charge >= 0.3 is 0 Å². The number of rotatable bonds is 7. The van der Waals surface area contributed by atoms with E-state index in [4.69, 9.17) is 4.74 Å². The molecule has 2 aromatic carbocycles. The highest BCUT2D eigenvalue weighted by atomic mass is 79.9. The smallest absolute Gasteiger partial charge is 0.243 e. The summed E-state index contributed by atoms with van der Waals surface area (Å²) in [5.74, 6) is 0.199. The summed E-state index contributed by atoms with van der Waals surface area (Å²) in [5.41, 5.74) is 0.666. The van der Waals surface area contributed by atoms with Crippen molar-refractivity contribution in [3.05, 3.63) is 59.1 Å². The Morgan fingerprint density at radius 3 is 2.39 bits per heavy atom. The normalized spacial score (nSPS) is 9.96. The van der Waals surface area contributed by atoms with Crippen LogP contribution in [-0.4, -0.2) is 25.0 Å². The SMILES string of the molecule is O=C(CCOc1ccccc1)NCC(=O)Nc1ccccc1Br. The van der Waals surface area contributed by atoms with E-state index in [0.29, 0.717) is 11.4 Å². The van der Waals surface area contributed by atoms with Gasteiger partial charge in [-0.1, -0.05) is 30.3 Å². The summed E-state index contributed by atoms with van der Waals surface area (Å²) in [4.78, 5) is 23.5. The third kappa shape index (κ3) is 6.12. The van der Waals surface area contributed by atoms with Crippen LogP contribution in [0.1, 0.15) is 6.42 Å². The Balaban J connectivity index is 1.66. The van der Waals surface area contributed by atoms with Crippen LogP contribution in [0.15, 0.2) is 59.1 Å². The van der Waals surface area contributed by atoms with Crippen molar-refractivity contribution >= 4 is 33.4 Å². The Labute approximate surface area is 143 Å². The van der Waals surface area contributed by atoms with Gasteiger partial charge in [-0.25, -0.2) is 0 Å². The van der Waals surface area contributed by atoms with Crippen LogP contribution in [0.25, 0.3) is 0 Å². The van der Waals surface area contributed by atoms with Gasteiger partial charge in [0, 0.05) is 4.47 Å². The molecule has 5 nitrogen and oxygen atoms in total. The maximum Gasteiger partial charge on any atom is 0.243 e. The zero-order valence-corrected chi connectivity index (χ0v) is 14.0. The molecule has 0 atom stereocenters. The monoisotopic (exact) mass is 376 g/mol. The minimum absolute atomic E-state index is 0.0779. The number of carbonyl (C=O) groups is 2. The van der Waals surface area contributed by atoms with Crippen LogP contribution in [0.5, 0.6) is 5.75 Å². The van der Waals surface area contributed by atoms with E-state index in [0.717, 1.165) is 4.47 Å². The van der Waals surface area contributed by atoms with Crippen LogP contribution in [0, 0.1) is 0 Å². The van der Waals surface area contributed by atoms with Gasteiger partial charge in [-0.05, 0) is 40.2 Å². The molecule has 0 aliphatic carbocycles. The number of halogens is 1. The number of hydrogen-bond acceptors (Lipinski definition) is 3. The first-order chi connectivity index (χ1) is 11.1. The molecule has 0 aromatic heterocycles. The van der Waals surface area contributed by atoms with Crippen molar-refractivity contribution in [3.63, 3.8) is 0 Å². The minimum atomic E-state index is -0.283. The zero-order chi connectivity index (χ0) is 16.5. The van der Waals surface area contributed by atoms with Gasteiger partial charge in [-0.15, -0.1) is 0 Å². The van der Waals surface area contributed by atoms with Gasteiger partial charge in [0.2, 0.25) is 11.8 Å². The Kier molecular flexibility index (Phi) is 6.62. The molecule has 2 N–H and O–H groups in total. The molecule has 0 heterocycles. The molecular weight excluding hydrogens is 360 g/mol. The Bertz CT molecular complexity index is 662. The molecule has 120 valence electrons. The molecule has 0 bridgehead atoms. The Morgan fingerprint density at radius 2 is 1.65 bits per heavy atom. The van der Waals surface area contributed by atoms with Crippen molar-refractivity contribution in [2.24, 2.45) is 0 Å². The highest BCUT2D eigenvalue weighted by Gasteiger charge is 2.07. The number of benzene rings is 2. The van der Waals surface area contributed by atoms with Crippen molar-refractivity contribution in [2.45, 2.75) is 6.42 Å². The molecule has 0 saturated heterocycles. The highest BCUT2D eigenvalue weighted by Crippen LogP contribution is 2.20. The summed E-state index contributed by atoms with van der Waals surface area (Å²) in [6.45, 7) is 0.188. The second-order valence-corrected chi connectivity index (χ2v) is 5.57. The van der Waals surface area contributed by atoms with Gasteiger partial charge in [0.05, 0.1) is 25.3 Å². The van der Waals surface area contributed by atoms with E-state index in [-0.39, 0.29) is 31.4 Å². The fraction of sp³-hybridized carbons (Fsp3) is 0.176. The van der Waals surface area contributed by atoms with Gasteiger partial charge in [0.25, 0.3) is 0 Å². The number of hydrogen-bond donors (Lipinski definition) is 2. The summed E-state index contributed by atoms with van der Waals surface area (Å²) >= 11 is 3.34. The standard InChI is InChI=1S/C17H17BrN2O3/c18-14-8-4-5-9-15(14)20-17(22)12-19-16(21)10-11-23-13-6-2-1-3-7-13/h1-9H,10-12H2,(H,19,21)(H,20,22). The number of nitrogens with one attached hydrogen (secondary N) is 2. The summed E-state index contributed by atoms with van der Waals surface area (Å²) in [7, 11) is 0. The number of anilines is 1. The van der Waals surface area contributed by atoms with Crippen LogP contribution in [0.2, 0.25) is 0 Å². The summed E-state index contributed by atoms with van der Waals surface area (Å²) in [6.07, 6.45) is 0.192. The average molecular weight is 377 g/mol. The molecule has 0 aliphatic heterocycles. The van der Waals surface area contributed by atoms with E-state index >= 15 is 0 Å². The lowest BCUT2D eigenvalue weighted by Crippen LogP contribution is -2.33. The quantitative estimate of drug-likeness (QED) is 0.780. The average Bonchev–Trinajstić information content (AvgIpc) is 2.56. The number of carbonyl (C=O) groups excluding carboxylic acids is 2. The molecule has 2 rings (SSSR count). The predicted octanol–water partition coefficient (Wildman–Crippen LogP) is 2.97. The molecule has 0 unspecified atom stereocenters. The van der Waals surface area contributed by atoms with Gasteiger partial charge in [0.15, 0.2) is 0 Å². The van der Waals surface area contributed by atoms with Crippen LogP contribution in [0.4, 0.5) is 5.69 Å². The number of para-hydroxylation sites is 2. The number of amides is 2. The third-order valence-electron chi connectivity index (χ3n) is 2.94. The molecule has 0 aliphatic rings. The van der Waals surface area contributed by atoms with E-state index in [2.05, 4.69) is 26.6 Å². The van der Waals surface area contributed by atoms with E-state index in [1.54, 1.807) is 6.07 Å². The van der Waals surface area contributed by atoms with Crippen molar-refractivity contribution in [3.8, 4) is 5.75 Å². The topological polar surface area (TPSA) is 67.4 Å². The maximum absolute atomic E-state index is 11.8. The second kappa shape index (κ2) is 8.95. The van der Waals surface area contributed by atoms with Crippen molar-refractivity contribution in [1.29, 1.82) is 0 Å². The molecule has 2 amide bonds. The molecule has 0 saturated carbocycles. The van der Waals surface area contributed by atoms with Gasteiger partial charge in [0.1, 0.15) is 5.75 Å².